The molecule has 2 aromatic heterocycles. The average molecular weight is 147 g/mol. The van der Waals surface area contributed by atoms with Crippen molar-refractivity contribution < 1.29 is 0 Å². The maximum Gasteiger partial charge on any atom is 0.234 e. The van der Waals surface area contributed by atoms with E-state index in [0.717, 1.165) is 11.5 Å². The molecule has 3 heteroatoms. The molecule has 0 spiro atoms. The molecule has 0 fully saturated rings. The van der Waals surface area contributed by atoms with Crippen LogP contribution < -0.4 is 0 Å². The van der Waals surface area contributed by atoms with Crippen molar-refractivity contribution in [2.45, 2.75) is 13.8 Å². The predicted molar refractivity (Wildman–Crippen MR) is 42.5 cm³/mol. The molecule has 3 nitrogen and oxygen atoms in total. The Morgan fingerprint density at radius 1 is 1.36 bits per heavy atom. The molecule has 0 saturated carbocycles. The second-order valence-corrected chi connectivity index (χ2v) is 2.64. The largest absolute Gasteiger partial charge is 0.288 e. The topological polar surface area (TPSA) is 30.2 Å². The molecule has 2 heterocycles. The number of rotatable bonds is 0. The number of hydrogen-bond acceptors (Lipinski definition) is 2. The van der Waals surface area contributed by atoms with Crippen molar-refractivity contribution in [1.82, 2.24) is 14.4 Å². The standard InChI is InChI=1S/C8H9N3/c1-6-5-7(2)11-4-3-9-8(11)10-6/h3-5H,1-2H3. The van der Waals surface area contributed by atoms with Gasteiger partial charge in [0.2, 0.25) is 5.78 Å². The summed E-state index contributed by atoms with van der Waals surface area (Å²) in [6.07, 6.45) is 3.67. The Hall–Kier alpha value is -1.38. The number of fused-ring (bicyclic) bond motifs is 1. The molecule has 0 aliphatic heterocycles. The third-order valence-corrected chi connectivity index (χ3v) is 1.70. The molecule has 0 bridgehead atoms. The molecule has 2 aromatic rings. The minimum absolute atomic E-state index is 0.780. The summed E-state index contributed by atoms with van der Waals surface area (Å²) in [5, 5.41) is 0. The summed E-state index contributed by atoms with van der Waals surface area (Å²) in [5.74, 6) is 0.780. The van der Waals surface area contributed by atoms with E-state index in [1.807, 2.05) is 30.5 Å². The van der Waals surface area contributed by atoms with Gasteiger partial charge in [-0.25, -0.2) is 9.97 Å². The third-order valence-electron chi connectivity index (χ3n) is 1.70. The van der Waals surface area contributed by atoms with Crippen LogP contribution >= 0.6 is 0 Å². The fourth-order valence-electron chi connectivity index (χ4n) is 1.22. The number of hydrogen-bond donors (Lipinski definition) is 0. The number of nitrogens with zero attached hydrogens (tertiary/aromatic N) is 3. The lowest BCUT2D eigenvalue weighted by molar-refractivity contribution is 1.01. The molecule has 0 N–H and O–H groups in total. The van der Waals surface area contributed by atoms with Gasteiger partial charge in [0.05, 0.1) is 0 Å². The van der Waals surface area contributed by atoms with Crippen molar-refractivity contribution in [3.8, 4) is 0 Å². The minimum atomic E-state index is 0.780. The average Bonchev–Trinajstić information content (AvgIpc) is 2.34. The van der Waals surface area contributed by atoms with Gasteiger partial charge in [0, 0.05) is 23.8 Å². The first kappa shape index (κ1) is 6.34. The highest BCUT2D eigenvalue weighted by molar-refractivity contribution is 5.31. The number of imidazole rings is 1. The van der Waals surface area contributed by atoms with Gasteiger partial charge in [0.25, 0.3) is 0 Å². The Labute approximate surface area is 64.7 Å². The summed E-state index contributed by atoms with van der Waals surface area (Å²) >= 11 is 0. The summed E-state index contributed by atoms with van der Waals surface area (Å²) in [4.78, 5) is 8.34. The smallest absolute Gasteiger partial charge is 0.234 e. The second-order valence-electron chi connectivity index (χ2n) is 2.64. The summed E-state index contributed by atoms with van der Waals surface area (Å²) < 4.78 is 1.97. The second kappa shape index (κ2) is 2.05. The molecule has 2 rings (SSSR count). The first-order valence-electron chi connectivity index (χ1n) is 3.55. The zero-order valence-corrected chi connectivity index (χ0v) is 6.57. The fraction of sp³-hybridized carbons (Fsp3) is 0.250. The van der Waals surface area contributed by atoms with E-state index in [1.54, 1.807) is 6.20 Å². The molecular weight excluding hydrogens is 138 g/mol. The van der Waals surface area contributed by atoms with E-state index in [4.69, 9.17) is 0 Å². The molecule has 0 radical (unpaired) electrons. The fourth-order valence-corrected chi connectivity index (χ4v) is 1.22. The molecule has 0 saturated heterocycles. The summed E-state index contributed by atoms with van der Waals surface area (Å²) in [6, 6.07) is 2.04. The van der Waals surface area contributed by atoms with Crippen LogP contribution in [0.3, 0.4) is 0 Å². The first-order chi connectivity index (χ1) is 5.27. The summed E-state index contributed by atoms with van der Waals surface area (Å²) in [7, 11) is 0. The summed E-state index contributed by atoms with van der Waals surface area (Å²) in [5.41, 5.74) is 2.19. The van der Waals surface area contributed by atoms with Crippen LogP contribution in [0, 0.1) is 13.8 Å². The van der Waals surface area contributed by atoms with E-state index in [-0.39, 0.29) is 0 Å². The Bertz CT molecular complexity index is 389. The van der Waals surface area contributed by atoms with Crippen molar-refractivity contribution in [2.75, 3.05) is 0 Å². The first-order valence-corrected chi connectivity index (χ1v) is 3.55. The van der Waals surface area contributed by atoms with Crippen LogP contribution in [-0.2, 0) is 0 Å². The van der Waals surface area contributed by atoms with Crippen LogP contribution in [0.4, 0.5) is 0 Å². The molecule has 0 atom stereocenters. The molecule has 0 aliphatic rings. The van der Waals surface area contributed by atoms with Gasteiger partial charge in [-0.3, -0.25) is 4.40 Å². The molecular formula is C8H9N3. The highest BCUT2D eigenvalue weighted by atomic mass is 15.1. The van der Waals surface area contributed by atoms with Crippen LogP contribution in [0.1, 0.15) is 11.4 Å². The van der Waals surface area contributed by atoms with Crippen molar-refractivity contribution in [1.29, 1.82) is 0 Å². The van der Waals surface area contributed by atoms with Gasteiger partial charge in [-0.2, -0.15) is 0 Å². The maximum absolute atomic E-state index is 4.25. The number of aromatic nitrogens is 3. The predicted octanol–water partition coefficient (Wildman–Crippen LogP) is 1.35. The van der Waals surface area contributed by atoms with Crippen LogP contribution in [0.15, 0.2) is 18.5 Å². The Morgan fingerprint density at radius 3 is 3.00 bits per heavy atom. The van der Waals surface area contributed by atoms with Gasteiger partial charge in [0.15, 0.2) is 0 Å². The van der Waals surface area contributed by atoms with Gasteiger partial charge >= 0.3 is 0 Å². The molecule has 0 unspecified atom stereocenters. The van der Waals surface area contributed by atoms with E-state index in [9.17, 15) is 0 Å². The normalized spacial score (nSPS) is 10.7. The monoisotopic (exact) mass is 147 g/mol. The van der Waals surface area contributed by atoms with E-state index < -0.39 is 0 Å². The molecule has 11 heavy (non-hydrogen) atoms. The van der Waals surface area contributed by atoms with Crippen LogP contribution in [0.2, 0.25) is 0 Å². The maximum atomic E-state index is 4.25. The van der Waals surface area contributed by atoms with Crippen LogP contribution in [0.25, 0.3) is 5.78 Å². The molecule has 56 valence electrons. The van der Waals surface area contributed by atoms with Gasteiger partial charge in [-0.1, -0.05) is 0 Å². The highest BCUT2D eigenvalue weighted by Crippen LogP contribution is 2.03. The van der Waals surface area contributed by atoms with E-state index in [1.165, 1.54) is 5.69 Å². The summed E-state index contributed by atoms with van der Waals surface area (Å²) in [6.45, 7) is 4.02. The van der Waals surface area contributed by atoms with Crippen molar-refractivity contribution >= 4 is 5.78 Å². The third kappa shape index (κ3) is 0.888. The molecule has 0 amide bonds. The zero-order chi connectivity index (χ0) is 7.84. The highest BCUT2D eigenvalue weighted by Gasteiger charge is 1.97. The van der Waals surface area contributed by atoms with E-state index in [0.29, 0.717) is 0 Å². The Kier molecular flexibility index (Phi) is 1.18. The van der Waals surface area contributed by atoms with Crippen LogP contribution in [-0.4, -0.2) is 14.4 Å². The van der Waals surface area contributed by atoms with Gasteiger partial charge in [-0.05, 0) is 19.9 Å². The Balaban J connectivity index is 2.91. The quantitative estimate of drug-likeness (QED) is 0.563. The van der Waals surface area contributed by atoms with Crippen molar-refractivity contribution in [3.63, 3.8) is 0 Å². The van der Waals surface area contributed by atoms with Crippen molar-refractivity contribution in [3.05, 3.63) is 29.8 Å². The van der Waals surface area contributed by atoms with E-state index >= 15 is 0 Å². The SMILES string of the molecule is Cc1cc(C)n2ccnc2n1. The van der Waals surface area contributed by atoms with Crippen molar-refractivity contribution in [2.24, 2.45) is 0 Å². The molecule has 0 aliphatic carbocycles. The Morgan fingerprint density at radius 2 is 2.18 bits per heavy atom. The van der Waals surface area contributed by atoms with Gasteiger partial charge < -0.3 is 0 Å². The van der Waals surface area contributed by atoms with E-state index in [2.05, 4.69) is 9.97 Å². The minimum Gasteiger partial charge on any atom is -0.288 e. The lowest BCUT2D eigenvalue weighted by Gasteiger charge is -1.98. The number of aryl methyl sites for hydroxylation is 2. The van der Waals surface area contributed by atoms with Crippen LogP contribution in [0.5, 0.6) is 0 Å². The van der Waals surface area contributed by atoms with Gasteiger partial charge in [0.1, 0.15) is 0 Å². The zero-order valence-electron chi connectivity index (χ0n) is 6.57. The molecule has 0 aromatic carbocycles. The van der Waals surface area contributed by atoms with Gasteiger partial charge in [-0.15, -0.1) is 0 Å². The lowest BCUT2D eigenvalue weighted by Crippen LogP contribution is -1.94. The lowest BCUT2D eigenvalue weighted by atomic mass is 10.3.